The first-order valence-electron chi connectivity index (χ1n) is 10.7. The van der Waals surface area contributed by atoms with Crippen LogP contribution in [0.15, 0.2) is 60.0 Å². The first kappa shape index (κ1) is 21.1. The van der Waals surface area contributed by atoms with Crippen molar-refractivity contribution in [2.24, 2.45) is 0 Å². The summed E-state index contributed by atoms with van der Waals surface area (Å²) in [5, 5.41) is 15.2. The van der Waals surface area contributed by atoms with Gasteiger partial charge in [0, 0.05) is 37.1 Å². The van der Waals surface area contributed by atoms with E-state index >= 15 is 0 Å². The number of thiazole rings is 1. The van der Waals surface area contributed by atoms with Crippen molar-refractivity contribution >= 4 is 23.2 Å². The van der Waals surface area contributed by atoms with E-state index in [1.54, 1.807) is 22.1 Å². The van der Waals surface area contributed by atoms with Crippen LogP contribution in [0.25, 0.3) is 5.69 Å². The lowest BCUT2D eigenvalue weighted by Gasteiger charge is -2.34. The van der Waals surface area contributed by atoms with E-state index in [4.69, 9.17) is 4.74 Å². The van der Waals surface area contributed by atoms with Gasteiger partial charge in [0.05, 0.1) is 16.4 Å². The van der Waals surface area contributed by atoms with Gasteiger partial charge in [-0.3, -0.25) is 4.79 Å². The lowest BCUT2D eigenvalue weighted by atomic mass is 10.1. The minimum atomic E-state index is -0.00717. The van der Waals surface area contributed by atoms with Crippen molar-refractivity contribution in [3.05, 3.63) is 76.2 Å². The molecule has 0 bridgehead atoms. The number of piperazine rings is 1. The lowest BCUT2D eigenvalue weighted by Crippen LogP contribution is -2.49. The van der Waals surface area contributed by atoms with E-state index in [0.29, 0.717) is 50.0 Å². The third kappa shape index (κ3) is 4.70. The third-order valence-corrected chi connectivity index (χ3v) is 6.26. The van der Waals surface area contributed by atoms with Gasteiger partial charge in [-0.15, -0.1) is 11.3 Å². The van der Waals surface area contributed by atoms with E-state index in [1.165, 1.54) is 0 Å². The van der Waals surface area contributed by atoms with E-state index in [0.717, 1.165) is 16.4 Å². The van der Waals surface area contributed by atoms with Gasteiger partial charge in [0.1, 0.15) is 12.4 Å². The Morgan fingerprint density at radius 1 is 1.06 bits per heavy atom. The third-order valence-electron chi connectivity index (χ3n) is 5.44. The van der Waals surface area contributed by atoms with Gasteiger partial charge in [-0.05, 0) is 47.7 Å². The predicted octanol–water partition coefficient (Wildman–Crippen LogP) is 2.97. The molecule has 0 saturated carbocycles. The molecule has 1 aliphatic heterocycles. The number of hydrogen-bond donors (Lipinski definition) is 0. The summed E-state index contributed by atoms with van der Waals surface area (Å²) in [5.74, 6) is 1.33. The van der Waals surface area contributed by atoms with Crippen molar-refractivity contribution in [1.29, 1.82) is 0 Å². The normalized spacial score (nSPS) is 13.8. The monoisotopic (exact) mass is 461 g/mol. The maximum Gasteiger partial charge on any atom is 0.254 e. The molecule has 9 nitrogen and oxygen atoms in total. The van der Waals surface area contributed by atoms with E-state index in [-0.39, 0.29) is 5.91 Å². The molecular formula is C23H23N7O2S. The second-order valence-electron chi connectivity index (χ2n) is 7.68. The summed E-state index contributed by atoms with van der Waals surface area (Å²) in [7, 11) is 0. The highest BCUT2D eigenvalue weighted by Crippen LogP contribution is 2.20. The van der Waals surface area contributed by atoms with Gasteiger partial charge >= 0.3 is 0 Å². The molecule has 33 heavy (non-hydrogen) atoms. The minimum Gasteiger partial charge on any atom is -0.487 e. The number of ether oxygens (including phenoxy) is 1. The number of aryl methyl sites for hydroxylation is 1. The molecule has 5 rings (SSSR count). The van der Waals surface area contributed by atoms with Crippen LogP contribution in [0.2, 0.25) is 0 Å². The molecule has 1 amide bonds. The van der Waals surface area contributed by atoms with Gasteiger partial charge in [0.15, 0.2) is 0 Å². The number of hydrogen-bond acceptors (Lipinski definition) is 8. The molecule has 0 atom stereocenters. The first-order valence-corrected chi connectivity index (χ1v) is 11.6. The molecular weight excluding hydrogens is 438 g/mol. The van der Waals surface area contributed by atoms with Crippen LogP contribution < -0.4 is 9.64 Å². The number of carbonyl (C=O) groups excluding carboxylic acids is 1. The predicted molar refractivity (Wildman–Crippen MR) is 125 cm³/mol. The van der Waals surface area contributed by atoms with Gasteiger partial charge in [0.2, 0.25) is 5.95 Å². The number of anilines is 1. The Morgan fingerprint density at radius 2 is 1.88 bits per heavy atom. The molecule has 0 unspecified atom stereocenters. The van der Waals surface area contributed by atoms with Crippen LogP contribution in [0.4, 0.5) is 5.95 Å². The fourth-order valence-corrected chi connectivity index (χ4v) is 4.36. The maximum absolute atomic E-state index is 13.1. The summed E-state index contributed by atoms with van der Waals surface area (Å²) >= 11 is 1.60. The van der Waals surface area contributed by atoms with Crippen LogP contribution in [0.5, 0.6) is 5.75 Å². The summed E-state index contributed by atoms with van der Waals surface area (Å²) in [6.07, 6.45) is 0. The van der Waals surface area contributed by atoms with Gasteiger partial charge in [-0.25, -0.2) is 4.98 Å². The molecule has 4 aromatic rings. The minimum absolute atomic E-state index is 0.00717. The van der Waals surface area contributed by atoms with Crippen molar-refractivity contribution in [2.45, 2.75) is 13.5 Å². The highest BCUT2D eigenvalue weighted by molar-refractivity contribution is 7.09. The number of carbonyl (C=O) groups is 1. The van der Waals surface area contributed by atoms with E-state index in [2.05, 4.69) is 25.4 Å². The molecule has 0 N–H and O–H groups in total. The Bertz CT molecular complexity index is 1230. The van der Waals surface area contributed by atoms with Crippen molar-refractivity contribution in [3.63, 3.8) is 0 Å². The Kier molecular flexibility index (Phi) is 5.99. The second-order valence-corrected chi connectivity index (χ2v) is 8.74. The highest BCUT2D eigenvalue weighted by atomic mass is 32.1. The summed E-state index contributed by atoms with van der Waals surface area (Å²) in [6, 6.07) is 17.1. The zero-order valence-electron chi connectivity index (χ0n) is 18.2. The summed E-state index contributed by atoms with van der Waals surface area (Å²) < 4.78 is 7.57. The summed E-state index contributed by atoms with van der Waals surface area (Å²) in [5.41, 5.74) is 2.41. The number of aromatic nitrogens is 5. The number of benzene rings is 2. The average molecular weight is 462 g/mol. The zero-order valence-corrected chi connectivity index (χ0v) is 19.0. The summed E-state index contributed by atoms with van der Waals surface area (Å²) in [6.45, 7) is 4.83. The first-order chi connectivity index (χ1) is 16.2. The number of tetrazole rings is 1. The molecule has 168 valence electrons. The fourth-order valence-electron chi connectivity index (χ4n) is 3.76. The number of nitrogens with zero attached hydrogens (tertiary/aromatic N) is 7. The lowest BCUT2D eigenvalue weighted by molar-refractivity contribution is 0.0745. The molecule has 0 aliphatic carbocycles. The largest absolute Gasteiger partial charge is 0.487 e. The second kappa shape index (κ2) is 9.37. The van der Waals surface area contributed by atoms with Crippen molar-refractivity contribution < 1.29 is 9.53 Å². The molecule has 10 heteroatoms. The van der Waals surface area contributed by atoms with Crippen LogP contribution in [-0.2, 0) is 6.61 Å². The van der Waals surface area contributed by atoms with Crippen molar-refractivity contribution in [3.8, 4) is 11.4 Å². The molecule has 2 aromatic heterocycles. The molecule has 0 radical (unpaired) electrons. The van der Waals surface area contributed by atoms with Crippen molar-refractivity contribution in [1.82, 2.24) is 30.1 Å². The Hall–Kier alpha value is -3.79. The smallest absolute Gasteiger partial charge is 0.254 e. The Labute approximate surface area is 195 Å². The van der Waals surface area contributed by atoms with E-state index in [9.17, 15) is 4.79 Å². The summed E-state index contributed by atoms with van der Waals surface area (Å²) in [4.78, 5) is 21.5. The standard InChI is InChI=1S/C23H23N7O2S/c1-17-24-19(16-33-17)15-32-21-9-5-6-18(14-21)22(31)28-10-12-29(13-11-28)23-25-26-27-30(23)20-7-3-2-4-8-20/h2-9,14,16H,10-13,15H2,1H3. The van der Waals surface area contributed by atoms with Gasteiger partial charge < -0.3 is 14.5 Å². The quantitative estimate of drug-likeness (QED) is 0.436. The van der Waals surface area contributed by atoms with Gasteiger partial charge in [0.25, 0.3) is 5.91 Å². The molecule has 3 heterocycles. The van der Waals surface area contributed by atoms with Crippen LogP contribution in [0.1, 0.15) is 21.1 Å². The maximum atomic E-state index is 13.1. The molecule has 1 fully saturated rings. The average Bonchev–Trinajstić information content (AvgIpc) is 3.52. The van der Waals surface area contributed by atoms with Crippen LogP contribution in [-0.4, -0.2) is 62.2 Å². The van der Waals surface area contributed by atoms with Gasteiger partial charge in [-0.2, -0.15) is 4.68 Å². The van der Waals surface area contributed by atoms with Crippen molar-refractivity contribution in [2.75, 3.05) is 31.1 Å². The number of amides is 1. The Balaban J connectivity index is 1.21. The molecule has 0 spiro atoms. The topological polar surface area (TPSA) is 89.3 Å². The van der Waals surface area contributed by atoms with E-state index in [1.807, 2.05) is 65.7 Å². The Morgan fingerprint density at radius 3 is 2.64 bits per heavy atom. The van der Waals surface area contributed by atoms with Crippen LogP contribution >= 0.6 is 11.3 Å². The highest BCUT2D eigenvalue weighted by Gasteiger charge is 2.25. The number of rotatable bonds is 6. The number of para-hydroxylation sites is 1. The van der Waals surface area contributed by atoms with E-state index < -0.39 is 0 Å². The van der Waals surface area contributed by atoms with Crippen LogP contribution in [0, 0.1) is 6.92 Å². The van der Waals surface area contributed by atoms with Gasteiger partial charge in [-0.1, -0.05) is 29.4 Å². The SMILES string of the molecule is Cc1nc(COc2cccc(C(=O)N3CCN(c4nnnn4-c4ccccc4)CC3)c2)cs1. The van der Waals surface area contributed by atoms with Crippen LogP contribution in [0.3, 0.4) is 0 Å². The molecule has 2 aromatic carbocycles. The molecule has 1 aliphatic rings. The zero-order chi connectivity index (χ0) is 22.6. The fraction of sp³-hybridized carbons (Fsp3) is 0.261. The molecule has 1 saturated heterocycles.